The van der Waals surface area contributed by atoms with Crippen LogP contribution in [0.5, 0.6) is 5.75 Å². The van der Waals surface area contributed by atoms with Crippen LogP contribution in [0.15, 0.2) is 54.6 Å². The second-order valence-corrected chi connectivity index (χ2v) is 7.10. The van der Waals surface area contributed by atoms with Crippen LogP contribution >= 0.6 is 0 Å². The fourth-order valence-electron chi connectivity index (χ4n) is 2.88. The van der Waals surface area contributed by atoms with Crippen molar-refractivity contribution in [1.29, 1.82) is 0 Å². The molecule has 2 aromatic carbocycles. The smallest absolute Gasteiger partial charge is 0.315 e. The van der Waals surface area contributed by atoms with Gasteiger partial charge in [-0.2, -0.15) is 0 Å². The van der Waals surface area contributed by atoms with Crippen molar-refractivity contribution < 1.29 is 19.4 Å². The zero-order chi connectivity index (χ0) is 20.5. The highest BCUT2D eigenvalue weighted by atomic mass is 16.5. The monoisotopic (exact) mass is 384 g/mol. The predicted octanol–water partition coefficient (Wildman–Crippen LogP) is 3.71. The zero-order valence-corrected chi connectivity index (χ0v) is 16.5. The van der Waals surface area contributed by atoms with Gasteiger partial charge in [-0.1, -0.05) is 42.5 Å². The Balaban J connectivity index is 1.96. The Morgan fingerprint density at radius 2 is 1.61 bits per heavy atom. The van der Waals surface area contributed by atoms with E-state index in [4.69, 9.17) is 4.74 Å². The number of benzene rings is 2. The van der Waals surface area contributed by atoms with Gasteiger partial charge in [0.25, 0.3) is 0 Å². The normalized spacial score (nSPS) is 12.9. The van der Waals surface area contributed by atoms with Crippen molar-refractivity contribution in [1.82, 2.24) is 10.6 Å². The zero-order valence-electron chi connectivity index (χ0n) is 16.5. The number of carbonyl (C=O) groups excluding carboxylic acids is 2. The van der Waals surface area contributed by atoms with Gasteiger partial charge >= 0.3 is 12.0 Å². The van der Waals surface area contributed by atoms with Crippen LogP contribution in [-0.4, -0.2) is 29.3 Å². The van der Waals surface area contributed by atoms with Crippen LogP contribution < -0.4 is 10.6 Å². The minimum absolute atomic E-state index is 0.0575. The van der Waals surface area contributed by atoms with Crippen molar-refractivity contribution >= 4 is 12.0 Å². The average molecular weight is 384 g/mol. The van der Waals surface area contributed by atoms with E-state index in [1.807, 2.05) is 49.4 Å². The molecule has 6 nitrogen and oxygen atoms in total. The largest absolute Gasteiger partial charge is 0.508 e. The lowest BCUT2D eigenvalue weighted by Crippen LogP contribution is -2.43. The van der Waals surface area contributed by atoms with Gasteiger partial charge in [-0.05, 0) is 50.5 Å². The molecule has 2 rings (SSSR count). The molecular formula is C22H28N2O4. The lowest BCUT2D eigenvalue weighted by molar-refractivity contribution is -0.147. The molecule has 150 valence electrons. The number of esters is 1. The summed E-state index contributed by atoms with van der Waals surface area (Å²) in [7, 11) is 0. The molecule has 0 saturated heterocycles. The third-order valence-corrected chi connectivity index (χ3v) is 4.10. The van der Waals surface area contributed by atoms with Gasteiger partial charge in [-0.25, -0.2) is 4.79 Å². The minimum atomic E-state index is -0.478. The Morgan fingerprint density at radius 3 is 2.21 bits per heavy atom. The van der Waals surface area contributed by atoms with E-state index in [0.29, 0.717) is 6.42 Å². The number of rotatable bonds is 8. The molecule has 0 aliphatic carbocycles. The number of carbonyl (C=O) groups is 2. The van der Waals surface area contributed by atoms with E-state index in [2.05, 4.69) is 10.6 Å². The van der Waals surface area contributed by atoms with Crippen LogP contribution in [0.25, 0.3) is 0 Å². The first-order valence-corrected chi connectivity index (χ1v) is 9.43. The van der Waals surface area contributed by atoms with E-state index in [1.54, 1.807) is 26.0 Å². The summed E-state index contributed by atoms with van der Waals surface area (Å²) in [6, 6.07) is 15.3. The number of amides is 2. The standard InChI is InChI=1S/C22H28N2O4/c1-15(2)28-21(26)14-20(18-7-5-4-6-8-18)24-22(27)23-16(3)13-17-9-11-19(25)12-10-17/h4-12,15-16,20,25H,13-14H2,1-3H3,(H2,23,24,27)/t16-,20-/m0/s1. The highest BCUT2D eigenvalue weighted by Crippen LogP contribution is 2.18. The topological polar surface area (TPSA) is 87.7 Å². The van der Waals surface area contributed by atoms with Crippen LogP contribution in [-0.2, 0) is 16.0 Å². The van der Waals surface area contributed by atoms with E-state index in [9.17, 15) is 14.7 Å². The van der Waals surface area contributed by atoms with Crippen molar-refractivity contribution in [2.45, 2.75) is 51.8 Å². The fourth-order valence-corrected chi connectivity index (χ4v) is 2.88. The Bertz CT molecular complexity index is 760. The molecule has 0 aliphatic rings. The van der Waals surface area contributed by atoms with Gasteiger partial charge in [0.2, 0.25) is 0 Å². The number of hydrogen-bond donors (Lipinski definition) is 3. The number of nitrogens with one attached hydrogen (secondary N) is 2. The summed E-state index contributed by atoms with van der Waals surface area (Å²) in [5.41, 5.74) is 1.84. The summed E-state index contributed by atoms with van der Waals surface area (Å²) in [5, 5.41) is 15.1. The van der Waals surface area contributed by atoms with Crippen LogP contribution in [0.2, 0.25) is 0 Å². The fraction of sp³-hybridized carbons (Fsp3) is 0.364. The summed E-state index contributed by atoms with van der Waals surface area (Å²) >= 11 is 0. The quantitative estimate of drug-likeness (QED) is 0.606. The molecule has 6 heteroatoms. The van der Waals surface area contributed by atoms with Gasteiger partial charge in [-0.15, -0.1) is 0 Å². The van der Waals surface area contributed by atoms with Gasteiger partial charge in [0.15, 0.2) is 0 Å². The van der Waals surface area contributed by atoms with Gasteiger partial charge in [0.05, 0.1) is 18.6 Å². The SMILES string of the molecule is CC(C)OC(=O)C[C@H](NC(=O)N[C@@H](C)Cc1ccc(O)cc1)c1ccccc1. The third kappa shape index (κ3) is 7.31. The van der Waals surface area contributed by atoms with E-state index in [-0.39, 0.29) is 36.3 Å². The van der Waals surface area contributed by atoms with Crippen molar-refractivity contribution in [2.24, 2.45) is 0 Å². The van der Waals surface area contributed by atoms with E-state index in [0.717, 1.165) is 11.1 Å². The summed E-state index contributed by atoms with van der Waals surface area (Å²) in [6.07, 6.45) is 0.476. The Hall–Kier alpha value is -3.02. The summed E-state index contributed by atoms with van der Waals surface area (Å²) in [6.45, 7) is 5.48. The van der Waals surface area contributed by atoms with Crippen LogP contribution in [0.3, 0.4) is 0 Å². The molecular weight excluding hydrogens is 356 g/mol. The average Bonchev–Trinajstić information content (AvgIpc) is 2.63. The van der Waals surface area contributed by atoms with Crippen LogP contribution in [0.4, 0.5) is 4.79 Å². The van der Waals surface area contributed by atoms with E-state index < -0.39 is 6.04 Å². The predicted molar refractivity (Wildman–Crippen MR) is 108 cm³/mol. The maximum atomic E-state index is 12.5. The highest BCUT2D eigenvalue weighted by Gasteiger charge is 2.20. The maximum absolute atomic E-state index is 12.5. The molecule has 0 fully saturated rings. The van der Waals surface area contributed by atoms with Crippen molar-refractivity contribution in [2.75, 3.05) is 0 Å². The molecule has 0 spiro atoms. The molecule has 2 amide bonds. The molecule has 0 saturated carbocycles. The van der Waals surface area contributed by atoms with Gasteiger partial charge in [-0.3, -0.25) is 4.79 Å². The molecule has 28 heavy (non-hydrogen) atoms. The molecule has 0 bridgehead atoms. The van der Waals surface area contributed by atoms with E-state index >= 15 is 0 Å². The summed E-state index contributed by atoms with van der Waals surface area (Å²) in [4.78, 5) is 24.6. The van der Waals surface area contributed by atoms with Gasteiger partial charge < -0.3 is 20.5 Å². The van der Waals surface area contributed by atoms with Crippen LogP contribution in [0, 0.1) is 0 Å². The molecule has 0 aliphatic heterocycles. The highest BCUT2D eigenvalue weighted by molar-refractivity contribution is 5.77. The first kappa shape index (κ1) is 21.3. The second kappa shape index (κ2) is 10.3. The minimum Gasteiger partial charge on any atom is -0.508 e. The molecule has 0 radical (unpaired) electrons. The number of aromatic hydroxyl groups is 1. The Kier molecular flexibility index (Phi) is 7.87. The summed E-state index contributed by atoms with van der Waals surface area (Å²) < 4.78 is 5.22. The van der Waals surface area contributed by atoms with Gasteiger partial charge in [0, 0.05) is 6.04 Å². The first-order chi connectivity index (χ1) is 13.3. The molecule has 0 aromatic heterocycles. The lowest BCUT2D eigenvalue weighted by Gasteiger charge is -2.21. The van der Waals surface area contributed by atoms with Crippen LogP contribution in [0.1, 0.15) is 44.4 Å². The molecule has 2 aromatic rings. The van der Waals surface area contributed by atoms with Gasteiger partial charge in [0.1, 0.15) is 5.75 Å². The van der Waals surface area contributed by atoms with Crippen molar-refractivity contribution in [3.8, 4) is 5.75 Å². The van der Waals surface area contributed by atoms with E-state index in [1.165, 1.54) is 0 Å². The molecule has 0 heterocycles. The molecule has 0 unspecified atom stereocenters. The third-order valence-electron chi connectivity index (χ3n) is 4.10. The maximum Gasteiger partial charge on any atom is 0.315 e. The van der Waals surface area contributed by atoms with Crippen molar-refractivity contribution in [3.63, 3.8) is 0 Å². The summed E-state index contributed by atoms with van der Waals surface area (Å²) in [5.74, 6) is -0.151. The number of phenols is 1. The lowest BCUT2D eigenvalue weighted by atomic mass is 10.0. The first-order valence-electron chi connectivity index (χ1n) is 9.43. The number of phenolic OH excluding ortho intramolecular Hbond substituents is 1. The second-order valence-electron chi connectivity index (χ2n) is 7.10. The Morgan fingerprint density at radius 1 is 0.964 bits per heavy atom. The van der Waals surface area contributed by atoms with Crippen molar-refractivity contribution in [3.05, 3.63) is 65.7 Å². The number of hydrogen-bond acceptors (Lipinski definition) is 4. The number of ether oxygens (including phenoxy) is 1. The molecule has 2 atom stereocenters. The number of urea groups is 1. The molecule has 3 N–H and O–H groups in total. The Labute approximate surface area is 165 Å².